The van der Waals surface area contributed by atoms with Gasteiger partial charge in [0, 0.05) is 17.8 Å². The van der Waals surface area contributed by atoms with Gasteiger partial charge in [-0.2, -0.15) is 0 Å². The van der Waals surface area contributed by atoms with E-state index in [-0.39, 0.29) is 5.91 Å². The van der Waals surface area contributed by atoms with Gasteiger partial charge in [0.05, 0.1) is 11.8 Å². The van der Waals surface area contributed by atoms with Crippen molar-refractivity contribution < 1.29 is 23.9 Å². The summed E-state index contributed by atoms with van der Waals surface area (Å²) < 4.78 is 5.22. The van der Waals surface area contributed by atoms with Gasteiger partial charge in [0.2, 0.25) is 5.91 Å². The summed E-state index contributed by atoms with van der Waals surface area (Å²) in [7, 11) is 0. The lowest BCUT2D eigenvalue weighted by atomic mass is 9.78. The van der Waals surface area contributed by atoms with E-state index < -0.39 is 36.2 Å². The minimum Gasteiger partial charge on any atom is -0.455 e. The third-order valence-corrected chi connectivity index (χ3v) is 6.17. The topological polar surface area (TPSA) is 92.8 Å². The number of benzene rings is 2. The summed E-state index contributed by atoms with van der Waals surface area (Å²) in [6, 6.07) is 16.1. The van der Waals surface area contributed by atoms with Gasteiger partial charge in [-0.1, -0.05) is 49.2 Å². The van der Waals surface area contributed by atoms with Gasteiger partial charge in [0.15, 0.2) is 6.61 Å². The molecule has 1 N–H and O–H groups in total. The molecule has 1 aliphatic heterocycles. The number of amides is 3. The fourth-order valence-electron chi connectivity index (χ4n) is 4.54. The quantitative estimate of drug-likeness (QED) is 0.731. The second kappa shape index (κ2) is 9.77. The summed E-state index contributed by atoms with van der Waals surface area (Å²) in [5.74, 6) is -2.90. The summed E-state index contributed by atoms with van der Waals surface area (Å²) in [5.41, 5.74) is 2.39. The Balaban J connectivity index is 1.35. The maximum absolute atomic E-state index is 13.3. The van der Waals surface area contributed by atoms with Gasteiger partial charge in [-0.05, 0) is 43.0 Å². The molecule has 7 heteroatoms. The highest BCUT2D eigenvalue weighted by Gasteiger charge is 2.40. The summed E-state index contributed by atoms with van der Waals surface area (Å²) in [6.45, 7) is 0.0574. The van der Waals surface area contributed by atoms with Gasteiger partial charge in [-0.15, -0.1) is 0 Å². The Labute approximate surface area is 186 Å². The second-order valence-corrected chi connectivity index (χ2v) is 8.22. The molecule has 1 aliphatic carbocycles. The van der Waals surface area contributed by atoms with Crippen molar-refractivity contribution in [1.82, 2.24) is 5.32 Å². The van der Waals surface area contributed by atoms with Crippen LogP contribution in [0, 0.1) is 11.8 Å². The van der Waals surface area contributed by atoms with Crippen LogP contribution >= 0.6 is 0 Å². The zero-order valence-electron chi connectivity index (χ0n) is 17.8. The van der Waals surface area contributed by atoms with E-state index in [2.05, 4.69) is 5.32 Å². The van der Waals surface area contributed by atoms with E-state index in [4.69, 9.17) is 4.74 Å². The van der Waals surface area contributed by atoms with Crippen LogP contribution in [0.3, 0.4) is 0 Å². The molecule has 1 heterocycles. The zero-order valence-corrected chi connectivity index (χ0v) is 17.8. The predicted molar refractivity (Wildman–Crippen MR) is 118 cm³/mol. The van der Waals surface area contributed by atoms with Crippen molar-refractivity contribution in [3.63, 3.8) is 0 Å². The van der Waals surface area contributed by atoms with E-state index in [0.717, 1.165) is 30.5 Å². The molecule has 166 valence electrons. The Bertz CT molecular complexity index is 1020. The van der Waals surface area contributed by atoms with Crippen molar-refractivity contribution in [2.24, 2.45) is 11.8 Å². The van der Waals surface area contributed by atoms with E-state index in [1.165, 1.54) is 0 Å². The highest BCUT2D eigenvalue weighted by atomic mass is 16.5. The lowest BCUT2D eigenvalue weighted by molar-refractivity contribution is -0.157. The van der Waals surface area contributed by atoms with Crippen LogP contribution in [0.2, 0.25) is 0 Å². The SMILES string of the molecule is O=C(COC(=O)C1CCCCC1C(=O)N1CCc2ccccc21)NC(=O)c1ccccc1. The van der Waals surface area contributed by atoms with Gasteiger partial charge in [-0.3, -0.25) is 24.5 Å². The number of esters is 1. The van der Waals surface area contributed by atoms with E-state index >= 15 is 0 Å². The smallest absolute Gasteiger partial charge is 0.310 e. The first-order valence-corrected chi connectivity index (χ1v) is 11.0. The van der Waals surface area contributed by atoms with Crippen molar-refractivity contribution in [3.05, 3.63) is 65.7 Å². The number of hydrogen-bond donors (Lipinski definition) is 1. The largest absolute Gasteiger partial charge is 0.455 e. The predicted octanol–water partition coefficient (Wildman–Crippen LogP) is 2.88. The molecular weight excluding hydrogens is 408 g/mol. The maximum Gasteiger partial charge on any atom is 0.310 e. The number of anilines is 1. The molecule has 4 rings (SSSR count). The third kappa shape index (κ3) is 4.72. The van der Waals surface area contributed by atoms with Crippen LogP contribution in [-0.2, 0) is 25.5 Å². The summed E-state index contributed by atoms with van der Waals surface area (Å²) in [4.78, 5) is 52.0. The van der Waals surface area contributed by atoms with Crippen LogP contribution in [0.5, 0.6) is 0 Å². The van der Waals surface area contributed by atoms with Crippen LogP contribution in [0.25, 0.3) is 0 Å². The molecule has 3 amide bonds. The fraction of sp³-hybridized carbons (Fsp3) is 0.360. The number of carbonyl (C=O) groups is 4. The molecular formula is C25H26N2O5. The fourth-order valence-corrected chi connectivity index (χ4v) is 4.54. The van der Waals surface area contributed by atoms with E-state index in [1.54, 1.807) is 35.2 Å². The van der Waals surface area contributed by atoms with E-state index in [9.17, 15) is 19.2 Å². The number of fused-ring (bicyclic) bond motifs is 1. The number of nitrogens with zero attached hydrogens (tertiary/aromatic N) is 1. The number of ether oxygens (including phenoxy) is 1. The van der Waals surface area contributed by atoms with Crippen LogP contribution in [0.15, 0.2) is 54.6 Å². The average molecular weight is 434 g/mol. The van der Waals surface area contributed by atoms with E-state index in [1.807, 2.05) is 24.3 Å². The monoisotopic (exact) mass is 434 g/mol. The molecule has 2 atom stereocenters. The summed E-state index contributed by atoms with van der Waals surface area (Å²) in [6.07, 6.45) is 3.69. The first-order valence-electron chi connectivity index (χ1n) is 11.0. The first kappa shape index (κ1) is 21.7. The Morgan fingerprint density at radius 2 is 1.59 bits per heavy atom. The molecule has 1 saturated carbocycles. The van der Waals surface area contributed by atoms with Crippen LogP contribution < -0.4 is 10.2 Å². The maximum atomic E-state index is 13.3. The number of nitrogens with one attached hydrogen (secondary N) is 1. The number of hydrogen-bond acceptors (Lipinski definition) is 5. The zero-order chi connectivity index (χ0) is 22.5. The molecule has 1 fully saturated rings. The summed E-state index contributed by atoms with van der Waals surface area (Å²) >= 11 is 0. The number of rotatable bonds is 5. The summed E-state index contributed by atoms with van der Waals surface area (Å²) in [5, 5.41) is 2.21. The highest BCUT2D eigenvalue weighted by molar-refractivity contribution is 6.05. The van der Waals surface area contributed by atoms with Gasteiger partial charge in [0.1, 0.15) is 0 Å². The minimum absolute atomic E-state index is 0.0553. The van der Waals surface area contributed by atoms with Crippen LogP contribution in [0.1, 0.15) is 41.6 Å². The lowest BCUT2D eigenvalue weighted by Gasteiger charge is -2.32. The molecule has 0 aromatic heterocycles. The van der Waals surface area contributed by atoms with Crippen molar-refractivity contribution in [2.75, 3.05) is 18.1 Å². The van der Waals surface area contributed by atoms with Gasteiger partial charge >= 0.3 is 5.97 Å². The Morgan fingerprint density at radius 3 is 2.38 bits per heavy atom. The lowest BCUT2D eigenvalue weighted by Crippen LogP contribution is -2.43. The number of carbonyl (C=O) groups excluding carboxylic acids is 4. The highest BCUT2D eigenvalue weighted by Crippen LogP contribution is 2.36. The van der Waals surface area contributed by atoms with Gasteiger partial charge in [0.25, 0.3) is 11.8 Å². The van der Waals surface area contributed by atoms with Gasteiger partial charge in [-0.25, -0.2) is 0 Å². The molecule has 0 radical (unpaired) electrons. The molecule has 7 nitrogen and oxygen atoms in total. The van der Waals surface area contributed by atoms with Crippen molar-refractivity contribution >= 4 is 29.4 Å². The van der Waals surface area contributed by atoms with Crippen LogP contribution in [0.4, 0.5) is 5.69 Å². The second-order valence-electron chi connectivity index (χ2n) is 8.22. The average Bonchev–Trinajstić information content (AvgIpc) is 3.27. The van der Waals surface area contributed by atoms with Crippen molar-refractivity contribution in [3.8, 4) is 0 Å². The molecule has 32 heavy (non-hydrogen) atoms. The minimum atomic E-state index is -0.695. The Hall–Kier alpha value is -3.48. The van der Waals surface area contributed by atoms with Crippen molar-refractivity contribution in [2.45, 2.75) is 32.1 Å². The molecule has 0 spiro atoms. The normalized spacial score (nSPS) is 19.7. The molecule has 2 unspecified atom stereocenters. The molecule has 2 aliphatic rings. The third-order valence-electron chi connectivity index (χ3n) is 6.17. The standard InChI is InChI=1S/C25H26N2O5/c28-22(26-23(29)18-9-2-1-3-10-18)16-32-25(31)20-12-6-5-11-19(20)24(30)27-15-14-17-8-4-7-13-21(17)27/h1-4,7-10,13,19-20H,5-6,11-12,14-16H2,(H,26,28,29). The number of imide groups is 1. The van der Waals surface area contributed by atoms with E-state index in [0.29, 0.717) is 24.9 Å². The Kier molecular flexibility index (Phi) is 6.63. The first-order chi connectivity index (χ1) is 15.5. The van der Waals surface area contributed by atoms with Crippen molar-refractivity contribution in [1.29, 1.82) is 0 Å². The van der Waals surface area contributed by atoms with Gasteiger partial charge < -0.3 is 9.64 Å². The number of para-hydroxylation sites is 1. The Morgan fingerprint density at radius 1 is 0.906 bits per heavy atom. The molecule has 0 bridgehead atoms. The molecule has 2 aromatic carbocycles. The van der Waals surface area contributed by atoms with Crippen LogP contribution in [-0.4, -0.2) is 36.8 Å². The molecule has 2 aromatic rings. The molecule has 0 saturated heterocycles.